The van der Waals surface area contributed by atoms with Crippen LogP contribution in [0.4, 0.5) is 10.2 Å². The number of nitrogens with two attached hydrogens (primary N) is 1. The lowest BCUT2D eigenvalue weighted by atomic mass is 10.1. The molecular formula is C34H41FN6O4. The Labute approximate surface area is 263 Å². The van der Waals surface area contributed by atoms with Crippen LogP contribution in [0.1, 0.15) is 44.0 Å². The average molecular weight is 617 g/mol. The van der Waals surface area contributed by atoms with Crippen LogP contribution in [0.15, 0.2) is 97.5 Å². The predicted octanol–water partition coefficient (Wildman–Crippen LogP) is 3.98. The van der Waals surface area contributed by atoms with E-state index in [-0.39, 0.29) is 38.2 Å². The maximum absolute atomic E-state index is 13.4. The molecule has 3 amide bonds. The molecule has 0 radical (unpaired) electrons. The van der Waals surface area contributed by atoms with Gasteiger partial charge in [-0.05, 0) is 49.1 Å². The van der Waals surface area contributed by atoms with Gasteiger partial charge in [-0.15, -0.1) is 0 Å². The van der Waals surface area contributed by atoms with Crippen molar-refractivity contribution in [3.63, 3.8) is 0 Å². The lowest BCUT2D eigenvalue weighted by Gasteiger charge is -2.23. The molecule has 4 aromatic rings. The highest BCUT2D eigenvalue weighted by molar-refractivity contribution is 5.98. The standard InChI is InChI=1S/C33H37FN6O4.CH4/c1-33(2,35)32(43)38-27(21-44-20-24-9-5-3-6-10-24)30(41)39-28-19-40(22-37-28)29(25-11-7-4-8-12-25)31(42)36-18-17-23-13-15-26(34)16-14-23;/h3-16,19,22,27,29H,17-18,20-21,35H2,1-2H3,(H,36,42)(H,38,43)(H,39,41);1H4/t27-,29?;/m1./s1. The number of carbonyl (C=O) groups excluding carboxylic acids is 3. The Balaban J connectivity index is 0.00000552. The van der Waals surface area contributed by atoms with Crippen molar-refractivity contribution >= 4 is 23.5 Å². The van der Waals surface area contributed by atoms with E-state index in [1.54, 1.807) is 22.9 Å². The molecule has 0 aliphatic rings. The van der Waals surface area contributed by atoms with Gasteiger partial charge in [0.15, 0.2) is 5.82 Å². The van der Waals surface area contributed by atoms with Crippen molar-refractivity contribution < 1.29 is 23.5 Å². The van der Waals surface area contributed by atoms with Gasteiger partial charge in [-0.3, -0.25) is 14.4 Å². The quantitative estimate of drug-likeness (QED) is 0.169. The number of hydrogen-bond acceptors (Lipinski definition) is 6. The summed E-state index contributed by atoms with van der Waals surface area (Å²) in [5.41, 5.74) is 7.25. The Kier molecular flexibility index (Phi) is 12.5. The molecule has 0 saturated heterocycles. The molecule has 5 N–H and O–H groups in total. The first-order chi connectivity index (χ1) is 21.1. The number of anilines is 1. The third-order valence-electron chi connectivity index (χ3n) is 6.74. The highest BCUT2D eigenvalue weighted by atomic mass is 19.1. The van der Waals surface area contributed by atoms with Gasteiger partial charge in [-0.2, -0.15) is 0 Å². The molecular weight excluding hydrogens is 575 g/mol. The average Bonchev–Trinajstić information content (AvgIpc) is 3.45. The van der Waals surface area contributed by atoms with Crippen LogP contribution >= 0.6 is 0 Å². The van der Waals surface area contributed by atoms with Gasteiger partial charge in [0.1, 0.15) is 17.9 Å². The Bertz CT molecular complexity index is 1520. The molecule has 0 aliphatic heterocycles. The van der Waals surface area contributed by atoms with Gasteiger partial charge < -0.3 is 31.0 Å². The Morgan fingerprint density at radius 1 is 0.933 bits per heavy atom. The molecule has 1 unspecified atom stereocenters. The summed E-state index contributed by atoms with van der Waals surface area (Å²) in [5.74, 6) is -1.49. The van der Waals surface area contributed by atoms with Gasteiger partial charge in [0.05, 0.1) is 25.1 Å². The SMILES string of the molecule is C.CC(C)(N)C(=O)N[C@H](COCc1ccccc1)C(=O)Nc1cn(C(C(=O)NCCc2ccc(F)cc2)c2ccccc2)cn1. The summed E-state index contributed by atoms with van der Waals surface area (Å²) in [6, 6.07) is 22.9. The first kappa shape index (κ1) is 34.6. The first-order valence-corrected chi connectivity index (χ1v) is 14.2. The summed E-state index contributed by atoms with van der Waals surface area (Å²) < 4.78 is 20.6. The first-order valence-electron chi connectivity index (χ1n) is 14.2. The van der Waals surface area contributed by atoms with Gasteiger partial charge in [0, 0.05) is 12.7 Å². The van der Waals surface area contributed by atoms with E-state index in [0.29, 0.717) is 18.5 Å². The maximum atomic E-state index is 13.4. The van der Waals surface area contributed by atoms with E-state index in [0.717, 1.165) is 11.1 Å². The van der Waals surface area contributed by atoms with Crippen LogP contribution in [-0.4, -0.2) is 52.0 Å². The number of nitrogens with zero attached hydrogens (tertiary/aromatic N) is 2. The van der Waals surface area contributed by atoms with Crippen LogP contribution in [0.5, 0.6) is 0 Å². The zero-order chi connectivity index (χ0) is 31.5. The third-order valence-corrected chi connectivity index (χ3v) is 6.74. The second kappa shape index (κ2) is 16.3. The van der Waals surface area contributed by atoms with Crippen LogP contribution in [0.3, 0.4) is 0 Å². The maximum Gasteiger partial charge on any atom is 0.250 e. The predicted molar refractivity (Wildman–Crippen MR) is 172 cm³/mol. The Morgan fingerprint density at radius 3 is 2.22 bits per heavy atom. The van der Waals surface area contributed by atoms with E-state index in [2.05, 4.69) is 20.9 Å². The molecule has 1 heterocycles. The topological polar surface area (TPSA) is 140 Å². The molecule has 2 atom stereocenters. The largest absolute Gasteiger partial charge is 0.374 e. The summed E-state index contributed by atoms with van der Waals surface area (Å²) in [6.07, 6.45) is 3.53. The molecule has 0 fully saturated rings. The number of imidazole rings is 1. The van der Waals surface area contributed by atoms with Crippen molar-refractivity contribution in [2.24, 2.45) is 5.73 Å². The summed E-state index contributed by atoms with van der Waals surface area (Å²) in [7, 11) is 0. The molecule has 45 heavy (non-hydrogen) atoms. The number of halogens is 1. The molecule has 0 bridgehead atoms. The lowest BCUT2D eigenvalue weighted by Crippen LogP contribution is -2.56. The summed E-state index contributed by atoms with van der Waals surface area (Å²) in [5, 5.41) is 8.31. The number of ether oxygens (including phenoxy) is 1. The molecule has 1 aromatic heterocycles. The number of benzene rings is 3. The van der Waals surface area contributed by atoms with Crippen LogP contribution in [0, 0.1) is 5.82 Å². The Morgan fingerprint density at radius 2 is 1.58 bits per heavy atom. The van der Waals surface area contributed by atoms with Crippen LogP contribution in [-0.2, 0) is 32.1 Å². The van der Waals surface area contributed by atoms with Gasteiger partial charge in [-0.1, -0.05) is 80.2 Å². The minimum absolute atomic E-state index is 0. The van der Waals surface area contributed by atoms with E-state index in [9.17, 15) is 18.8 Å². The second-order valence-electron chi connectivity index (χ2n) is 10.9. The van der Waals surface area contributed by atoms with Crippen molar-refractivity contribution in [1.82, 2.24) is 20.2 Å². The molecule has 10 nitrogen and oxygen atoms in total. The number of aromatic nitrogens is 2. The normalized spacial score (nSPS) is 12.4. The van der Waals surface area contributed by atoms with Crippen LogP contribution < -0.4 is 21.7 Å². The lowest BCUT2D eigenvalue weighted by molar-refractivity contribution is -0.130. The smallest absolute Gasteiger partial charge is 0.250 e. The zero-order valence-corrected chi connectivity index (χ0v) is 24.7. The number of rotatable bonds is 14. The van der Waals surface area contributed by atoms with Gasteiger partial charge in [-0.25, -0.2) is 9.37 Å². The third kappa shape index (κ3) is 10.4. The monoisotopic (exact) mass is 616 g/mol. The van der Waals surface area contributed by atoms with Crippen molar-refractivity contribution in [3.8, 4) is 0 Å². The number of hydrogen-bond donors (Lipinski definition) is 4. The fourth-order valence-corrected chi connectivity index (χ4v) is 4.32. The summed E-state index contributed by atoms with van der Waals surface area (Å²) >= 11 is 0. The molecule has 0 spiro atoms. The molecule has 11 heteroatoms. The van der Waals surface area contributed by atoms with Crippen molar-refractivity contribution in [3.05, 3.63) is 120 Å². The van der Waals surface area contributed by atoms with E-state index < -0.39 is 29.4 Å². The Hall–Kier alpha value is -4.87. The van der Waals surface area contributed by atoms with Gasteiger partial charge in [0.2, 0.25) is 11.8 Å². The molecule has 4 rings (SSSR count). The van der Waals surface area contributed by atoms with Crippen molar-refractivity contribution in [2.45, 2.75) is 51.9 Å². The van der Waals surface area contributed by atoms with E-state index >= 15 is 0 Å². The zero-order valence-electron chi connectivity index (χ0n) is 24.7. The van der Waals surface area contributed by atoms with Crippen LogP contribution in [0.25, 0.3) is 0 Å². The van der Waals surface area contributed by atoms with Crippen LogP contribution in [0.2, 0.25) is 0 Å². The fourth-order valence-electron chi connectivity index (χ4n) is 4.32. The molecule has 238 valence electrons. The minimum Gasteiger partial charge on any atom is -0.374 e. The van der Waals surface area contributed by atoms with E-state index in [1.807, 2.05) is 60.7 Å². The highest BCUT2D eigenvalue weighted by Crippen LogP contribution is 2.20. The second-order valence-corrected chi connectivity index (χ2v) is 10.9. The fraction of sp³-hybridized carbons (Fsp3) is 0.294. The van der Waals surface area contributed by atoms with Crippen molar-refractivity contribution in [2.75, 3.05) is 18.5 Å². The number of nitrogens with one attached hydrogen (secondary N) is 3. The number of carbonyl (C=O) groups is 3. The van der Waals surface area contributed by atoms with Gasteiger partial charge in [0.25, 0.3) is 5.91 Å². The van der Waals surface area contributed by atoms with E-state index in [4.69, 9.17) is 10.5 Å². The number of amides is 3. The van der Waals surface area contributed by atoms with Gasteiger partial charge >= 0.3 is 0 Å². The summed E-state index contributed by atoms with van der Waals surface area (Å²) in [6.45, 7) is 3.56. The minimum atomic E-state index is -1.22. The molecule has 0 saturated carbocycles. The summed E-state index contributed by atoms with van der Waals surface area (Å²) in [4.78, 5) is 43.6. The highest BCUT2D eigenvalue weighted by Gasteiger charge is 2.29. The molecule has 3 aromatic carbocycles. The van der Waals surface area contributed by atoms with Crippen molar-refractivity contribution in [1.29, 1.82) is 0 Å². The molecule has 0 aliphatic carbocycles. The van der Waals surface area contributed by atoms with E-state index in [1.165, 1.54) is 32.3 Å².